The van der Waals surface area contributed by atoms with Gasteiger partial charge >= 0.3 is 0 Å². The van der Waals surface area contributed by atoms with Gasteiger partial charge in [-0.2, -0.15) is 5.10 Å². The van der Waals surface area contributed by atoms with Crippen LogP contribution in [0.1, 0.15) is 23.6 Å². The van der Waals surface area contributed by atoms with Crippen LogP contribution < -0.4 is 10.3 Å². The molecule has 25 heavy (non-hydrogen) atoms. The van der Waals surface area contributed by atoms with E-state index in [2.05, 4.69) is 39.7 Å². The molecule has 2 aliphatic heterocycles. The lowest BCUT2D eigenvalue weighted by Gasteiger charge is -2.29. The Bertz CT molecular complexity index is 786. The first-order valence-electron chi connectivity index (χ1n) is 8.44. The summed E-state index contributed by atoms with van der Waals surface area (Å²) in [5, 5.41) is 15.0. The topological polar surface area (TPSA) is 57.1 Å². The monoisotopic (exact) mass is 357 g/mol. The fourth-order valence-corrected chi connectivity index (χ4v) is 3.45. The molecule has 2 aromatic rings. The molecule has 0 aromatic heterocycles. The normalized spacial score (nSPS) is 20.3. The Hall–Kier alpha value is -2.24. The van der Waals surface area contributed by atoms with Gasteiger partial charge in [-0.05, 0) is 35.9 Å². The van der Waals surface area contributed by atoms with Gasteiger partial charge in [0.2, 0.25) is 0 Å². The van der Waals surface area contributed by atoms with Gasteiger partial charge in [0, 0.05) is 35.8 Å². The quantitative estimate of drug-likeness (QED) is 0.884. The van der Waals surface area contributed by atoms with Gasteiger partial charge in [-0.15, -0.1) is 0 Å². The van der Waals surface area contributed by atoms with Crippen LogP contribution in [0.25, 0.3) is 0 Å². The SMILES string of the molecule is Oc1ccc(Cl)cc1C1=NNC(c2ccc(N3CCOCC3)cc2)C1. The average molecular weight is 358 g/mol. The van der Waals surface area contributed by atoms with E-state index in [-0.39, 0.29) is 11.8 Å². The smallest absolute Gasteiger partial charge is 0.124 e. The highest BCUT2D eigenvalue weighted by atomic mass is 35.5. The standard InChI is InChI=1S/C19H20ClN3O2/c20-14-3-6-19(24)16(11-14)18-12-17(21-22-18)13-1-4-15(5-2-13)23-7-9-25-10-8-23/h1-6,11,17,21,24H,7-10,12H2. The zero-order valence-electron chi connectivity index (χ0n) is 13.8. The molecule has 0 radical (unpaired) electrons. The number of ether oxygens (including phenoxy) is 1. The predicted molar refractivity (Wildman–Crippen MR) is 99.6 cm³/mol. The predicted octanol–water partition coefficient (Wildman–Crippen LogP) is 3.32. The minimum Gasteiger partial charge on any atom is -0.507 e. The molecule has 0 amide bonds. The van der Waals surface area contributed by atoms with E-state index >= 15 is 0 Å². The molecule has 0 bridgehead atoms. The van der Waals surface area contributed by atoms with Crippen molar-refractivity contribution < 1.29 is 9.84 Å². The van der Waals surface area contributed by atoms with Gasteiger partial charge in [-0.25, -0.2) is 0 Å². The van der Waals surface area contributed by atoms with Crippen LogP contribution in [0.15, 0.2) is 47.6 Å². The Morgan fingerprint density at radius 2 is 1.88 bits per heavy atom. The highest BCUT2D eigenvalue weighted by Crippen LogP contribution is 2.30. The summed E-state index contributed by atoms with van der Waals surface area (Å²) in [5.41, 5.74) is 7.08. The van der Waals surface area contributed by atoms with Crippen molar-refractivity contribution in [3.63, 3.8) is 0 Å². The van der Waals surface area contributed by atoms with Gasteiger partial charge in [0.15, 0.2) is 0 Å². The van der Waals surface area contributed by atoms with Crippen LogP contribution in [0.5, 0.6) is 5.75 Å². The second-order valence-corrected chi connectivity index (χ2v) is 6.73. The van der Waals surface area contributed by atoms with Crippen LogP contribution in [-0.2, 0) is 4.74 Å². The molecule has 1 atom stereocenters. The summed E-state index contributed by atoms with van der Waals surface area (Å²) in [6.45, 7) is 3.43. The third kappa shape index (κ3) is 3.43. The zero-order chi connectivity index (χ0) is 17.2. The molecule has 2 aromatic carbocycles. The Kier molecular flexibility index (Phi) is 4.51. The first-order chi connectivity index (χ1) is 12.2. The summed E-state index contributed by atoms with van der Waals surface area (Å²) in [7, 11) is 0. The number of hydrogen-bond acceptors (Lipinski definition) is 5. The van der Waals surface area contributed by atoms with Crippen molar-refractivity contribution in [2.45, 2.75) is 12.5 Å². The fraction of sp³-hybridized carbons (Fsp3) is 0.316. The first kappa shape index (κ1) is 16.2. The molecule has 1 saturated heterocycles. The first-order valence-corrected chi connectivity index (χ1v) is 8.82. The summed E-state index contributed by atoms with van der Waals surface area (Å²) in [6, 6.07) is 13.7. The second kappa shape index (κ2) is 6.94. The molecule has 2 aliphatic rings. The highest BCUT2D eigenvalue weighted by molar-refractivity contribution is 6.31. The largest absolute Gasteiger partial charge is 0.507 e. The Labute approximate surface area is 151 Å². The summed E-state index contributed by atoms with van der Waals surface area (Å²) < 4.78 is 5.40. The van der Waals surface area contributed by atoms with Gasteiger partial charge in [-0.1, -0.05) is 23.7 Å². The van der Waals surface area contributed by atoms with E-state index in [1.807, 2.05) is 0 Å². The number of nitrogens with zero attached hydrogens (tertiary/aromatic N) is 2. The van der Waals surface area contributed by atoms with Crippen molar-refractivity contribution in [3.05, 3.63) is 58.6 Å². The zero-order valence-corrected chi connectivity index (χ0v) is 14.5. The molecule has 1 fully saturated rings. The molecule has 0 spiro atoms. The van der Waals surface area contributed by atoms with E-state index in [4.69, 9.17) is 16.3 Å². The van der Waals surface area contributed by atoms with Gasteiger partial charge in [0.05, 0.1) is 25.0 Å². The lowest BCUT2D eigenvalue weighted by atomic mass is 9.98. The molecule has 2 heterocycles. The number of aromatic hydroxyl groups is 1. The van der Waals surface area contributed by atoms with Crippen LogP contribution in [-0.4, -0.2) is 37.1 Å². The molecule has 130 valence electrons. The Morgan fingerprint density at radius 1 is 1.12 bits per heavy atom. The third-order valence-electron chi connectivity index (χ3n) is 4.69. The molecular weight excluding hydrogens is 338 g/mol. The van der Waals surface area contributed by atoms with E-state index in [1.54, 1.807) is 18.2 Å². The molecular formula is C19H20ClN3O2. The van der Waals surface area contributed by atoms with Crippen molar-refractivity contribution in [2.24, 2.45) is 5.10 Å². The number of rotatable bonds is 3. The molecule has 6 heteroatoms. The van der Waals surface area contributed by atoms with E-state index < -0.39 is 0 Å². The van der Waals surface area contributed by atoms with E-state index in [0.717, 1.165) is 32.0 Å². The molecule has 1 unspecified atom stereocenters. The summed E-state index contributed by atoms with van der Waals surface area (Å²) in [5.74, 6) is 0.202. The highest BCUT2D eigenvalue weighted by Gasteiger charge is 2.23. The number of phenolic OH excluding ortho intramolecular Hbond substituents is 1. The molecule has 2 N–H and O–H groups in total. The Balaban J connectivity index is 1.46. The minimum atomic E-state index is 0.104. The number of morpholine rings is 1. The van der Waals surface area contributed by atoms with Crippen LogP contribution >= 0.6 is 11.6 Å². The number of hydrogen-bond donors (Lipinski definition) is 2. The van der Waals surface area contributed by atoms with Crippen molar-refractivity contribution in [1.82, 2.24) is 5.43 Å². The number of benzene rings is 2. The maximum absolute atomic E-state index is 10.0. The van der Waals surface area contributed by atoms with Gasteiger partial charge in [0.1, 0.15) is 5.75 Å². The van der Waals surface area contributed by atoms with Gasteiger partial charge in [0.25, 0.3) is 0 Å². The lowest BCUT2D eigenvalue weighted by molar-refractivity contribution is 0.122. The van der Waals surface area contributed by atoms with E-state index in [0.29, 0.717) is 17.0 Å². The van der Waals surface area contributed by atoms with E-state index in [9.17, 15) is 5.11 Å². The average Bonchev–Trinajstić information content (AvgIpc) is 3.14. The van der Waals surface area contributed by atoms with Crippen LogP contribution in [0, 0.1) is 0 Å². The van der Waals surface area contributed by atoms with Crippen molar-refractivity contribution in [3.8, 4) is 5.75 Å². The minimum absolute atomic E-state index is 0.104. The number of halogens is 1. The summed E-state index contributed by atoms with van der Waals surface area (Å²) in [4.78, 5) is 2.33. The van der Waals surface area contributed by atoms with E-state index in [1.165, 1.54) is 11.3 Å². The van der Waals surface area contributed by atoms with Crippen LogP contribution in [0.3, 0.4) is 0 Å². The van der Waals surface area contributed by atoms with Crippen molar-refractivity contribution in [1.29, 1.82) is 0 Å². The number of phenols is 1. The van der Waals surface area contributed by atoms with Crippen molar-refractivity contribution in [2.75, 3.05) is 31.2 Å². The fourth-order valence-electron chi connectivity index (χ4n) is 3.28. The van der Waals surface area contributed by atoms with Crippen LogP contribution in [0.4, 0.5) is 5.69 Å². The third-order valence-corrected chi connectivity index (χ3v) is 4.93. The van der Waals surface area contributed by atoms with Crippen molar-refractivity contribution >= 4 is 23.0 Å². The molecule has 0 saturated carbocycles. The maximum atomic E-state index is 10.0. The summed E-state index contributed by atoms with van der Waals surface area (Å²) in [6.07, 6.45) is 0.713. The number of anilines is 1. The molecule has 4 rings (SSSR count). The lowest BCUT2D eigenvalue weighted by Crippen LogP contribution is -2.36. The number of hydrazone groups is 1. The second-order valence-electron chi connectivity index (χ2n) is 6.30. The molecule has 0 aliphatic carbocycles. The molecule has 5 nitrogen and oxygen atoms in total. The maximum Gasteiger partial charge on any atom is 0.124 e. The summed E-state index contributed by atoms with van der Waals surface area (Å²) >= 11 is 6.04. The van der Waals surface area contributed by atoms with Gasteiger partial charge in [-0.3, -0.25) is 0 Å². The Morgan fingerprint density at radius 3 is 2.64 bits per heavy atom. The number of nitrogens with one attached hydrogen (secondary N) is 1. The van der Waals surface area contributed by atoms with Gasteiger partial charge < -0.3 is 20.2 Å². The van der Waals surface area contributed by atoms with Crippen LogP contribution in [0.2, 0.25) is 5.02 Å².